The first kappa shape index (κ1) is 34.0. The predicted molar refractivity (Wildman–Crippen MR) is 88.7 cm³/mol. The summed E-state index contributed by atoms with van der Waals surface area (Å²) in [7, 11) is 0. The molecule has 4 N–H and O–H groups in total. The Morgan fingerprint density at radius 2 is 0.636 bits per heavy atom. The normalized spacial score (nSPS) is 7.77. The molecule has 0 radical (unpaired) electrons. The molecule has 0 rings (SSSR count). The fraction of sp³-hybridized carbons (Fsp3) is 1.00. The molecule has 5 nitrogen and oxygen atoms in total. The Bertz CT molecular complexity index is 86.7. The summed E-state index contributed by atoms with van der Waals surface area (Å²) >= 11 is 0.300. The second-order valence-electron chi connectivity index (χ2n) is 4.31. The van der Waals surface area contributed by atoms with Gasteiger partial charge in [0.05, 0.1) is 0 Å². The molecule has 0 saturated heterocycles. The van der Waals surface area contributed by atoms with Gasteiger partial charge in [-0.3, -0.25) is 0 Å². The number of aliphatic hydroxyl groups is 4. The first-order valence-electron chi connectivity index (χ1n) is 8.30. The van der Waals surface area contributed by atoms with Crippen molar-refractivity contribution in [3.05, 3.63) is 0 Å². The quantitative estimate of drug-likeness (QED) is 0.499. The van der Waals surface area contributed by atoms with Gasteiger partial charge in [-0.2, -0.15) is 0 Å². The summed E-state index contributed by atoms with van der Waals surface area (Å²) < 4.78 is 8.34. The first-order valence-corrected chi connectivity index (χ1v) is 9.30. The average Bonchev–Trinajstić information content (AvgIpc) is 2.54. The Balaban J connectivity index is -0.0000000562. The molecule has 0 spiro atoms. The van der Waals surface area contributed by atoms with Gasteiger partial charge in [-0.25, -0.2) is 0 Å². The van der Waals surface area contributed by atoms with Gasteiger partial charge in [0.2, 0.25) is 0 Å². The minimum atomic E-state index is 0.300. The van der Waals surface area contributed by atoms with E-state index in [1.807, 2.05) is 0 Å². The van der Waals surface area contributed by atoms with Gasteiger partial charge in [-0.05, 0) is 25.7 Å². The van der Waals surface area contributed by atoms with E-state index in [2.05, 4.69) is 27.7 Å². The Hall–Kier alpha value is 0.523. The van der Waals surface area contributed by atoms with Crippen molar-refractivity contribution in [3.63, 3.8) is 0 Å². The van der Waals surface area contributed by atoms with Crippen molar-refractivity contribution in [2.45, 2.75) is 79.1 Å². The van der Waals surface area contributed by atoms with Crippen molar-refractivity contribution in [2.24, 2.45) is 0 Å². The second kappa shape index (κ2) is 57.8. The number of aliphatic hydroxyl groups excluding tert-OH is 4. The predicted octanol–water partition coefficient (Wildman–Crippen LogP) is 2.99. The van der Waals surface area contributed by atoms with Gasteiger partial charge >= 0.3 is 27.5 Å². The molecule has 0 unspecified atom stereocenters. The van der Waals surface area contributed by atoms with Crippen molar-refractivity contribution < 1.29 is 48.0 Å². The molecule has 0 saturated carbocycles. The van der Waals surface area contributed by atoms with E-state index in [1.54, 1.807) is 0 Å². The summed E-state index contributed by atoms with van der Waals surface area (Å²) in [6.45, 7) is 9.58. The van der Waals surface area contributed by atoms with Gasteiger partial charge in [-0.1, -0.05) is 53.4 Å². The molecular formula is C16H40O5Zr. The van der Waals surface area contributed by atoms with Crippen LogP contribution < -0.4 is 0 Å². The molecule has 22 heavy (non-hydrogen) atoms. The molecule has 0 amide bonds. The molecule has 0 atom stereocenters. The van der Waals surface area contributed by atoms with Gasteiger partial charge in [0, 0.05) is 26.4 Å². The van der Waals surface area contributed by atoms with Crippen LogP contribution >= 0.6 is 0 Å². The van der Waals surface area contributed by atoms with Crippen LogP contribution in [0.5, 0.6) is 0 Å². The molecule has 0 fully saturated rings. The van der Waals surface area contributed by atoms with Crippen molar-refractivity contribution >= 4 is 0 Å². The third kappa shape index (κ3) is 108. The van der Waals surface area contributed by atoms with Gasteiger partial charge in [0.1, 0.15) is 0 Å². The van der Waals surface area contributed by atoms with Crippen LogP contribution in [-0.2, 0) is 27.5 Å². The Kier molecular flexibility index (Phi) is 89.3. The van der Waals surface area contributed by atoms with E-state index in [4.69, 9.17) is 23.2 Å². The van der Waals surface area contributed by atoms with Crippen LogP contribution in [-0.4, -0.2) is 46.9 Å². The molecule has 0 bridgehead atoms. The van der Waals surface area contributed by atoms with Crippen molar-refractivity contribution in [3.8, 4) is 0 Å². The van der Waals surface area contributed by atoms with Crippen LogP contribution in [0.25, 0.3) is 0 Å². The first-order chi connectivity index (χ1) is 10.7. The standard InChI is InChI=1S/4C4H10O.O.Zr/c4*1-2-3-4-5;;/h4*5H,2-4H2,1H3;;. The molecule has 0 aliphatic carbocycles. The topological polar surface area (TPSA) is 98.0 Å². The second-order valence-corrected chi connectivity index (χ2v) is 4.31. The third-order valence-corrected chi connectivity index (χ3v) is 2.05. The molecule has 6 heteroatoms. The fourth-order valence-electron chi connectivity index (χ4n) is 0.632. The van der Waals surface area contributed by atoms with Crippen molar-refractivity contribution in [1.82, 2.24) is 0 Å². The molecule has 0 aliphatic rings. The van der Waals surface area contributed by atoms with E-state index in [-0.39, 0.29) is 0 Å². The fourth-order valence-corrected chi connectivity index (χ4v) is 0.632. The maximum absolute atomic E-state index is 8.34. The average molecular weight is 404 g/mol. The molecule has 0 aromatic carbocycles. The summed E-state index contributed by atoms with van der Waals surface area (Å²) in [5, 5.41) is 32.3. The zero-order valence-corrected chi connectivity index (χ0v) is 17.6. The molecule has 0 aromatic heterocycles. The van der Waals surface area contributed by atoms with Crippen LogP contribution in [0.2, 0.25) is 0 Å². The van der Waals surface area contributed by atoms with E-state index < -0.39 is 0 Å². The molecule has 0 aliphatic heterocycles. The zero-order valence-electron chi connectivity index (χ0n) is 15.2. The van der Waals surface area contributed by atoms with E-state index in [0.29, 0.717) is 51.2 Å². The monoisotopic (exact) mass is 402 g/mol. The van der Waals surface area contributed by atoms with E-state index in [0.717, 1.165) is 51.4 Å². The molecule has 0 aromatic rings. The SMILES string of the molecule is CCCCO.CCCCO.CCCCO.CCCCO.[O]=[Zr]. The number of hydrogen-bond acceptors (Lipinski definition) is 5. The Morgan fingerprint density at radius 1 is 0.500 bits per heavy atom. The summed E-state index contributed by atoms with van der Waals surface area (Å²) in [5.74, 6) is 0. The molecule has 138 valence electrons. The minimum absolute atomic E-state index is 0.300. The number of unbranched alkanes of at least 4 members (excludes halogenated alkanes) is 4. The zero-order chi connectivity index (χ0) is 18.5. The van der Waals surface area contributed by atoms with E-state index in [1.165, 1.54) is 0 Å². The maximum atomic E-state index is 8.34. The number of hydrogen-bond donors (Lipinski definition) is 4. The Morgan fingerprint density at radius 3 is 0.636 bits per heavy atom. The van der Waals surface area contributed by atoms with Gasteiger partial charge in [0.15, 0.2) is 0 Å². The van der Waals surface area contributed by atoms with Crippen LogP contribution in [0.15, 0.2) is 0 Å². The van der Waals surface area contributed by atoms with Gasteiger partial charge in [0.25, 0.3) is 0 Å². The van der Waals surface area contributed by atoms with Crippen LogP contribution in [0.1, 0.15) is 79.1 Å². The van der Waals surface area contributed by atoms with E-state index in [9.17, 15) is 0 Å². The summed E-state index contributed by atoms with van der Waals surface area (Å²) in [5.41, 5.74) is 0. The van der Waals surface area contributed by atoms with Crippen LogP contribution in [0, 0.1) is 0 Å². The Labute approximate surface area is 153 Å². The summed E-state index contributed by atoms with van der Waals surface area (Å²) in [4.78, 5) is 0. The summed E-state index contributed by atoms with van der Waals surface area (Å²) in [6.07, 6.45) is 8.15. The van der Waals surface area contributed by atoms with Gasteiger partial charge in [-0.15, -0.1) is 0 Å². The number of rotatable bonds is 8. The van der Waals surface area contributed by atoms with Crippen molar-refractivity contribution in [1.29, 1.82) is 0 Å². The third-order valence-electron chi connectivity index (χ3n) is 2.05. The van der Waals surface area contributed by atoms with Gasteiger partial charge < -0.3 is 20.4 Å². The van der Waals surface area contributed by atoms with E-state index >= 15 is 0 Å². The van der Waals surface area contributed by atoms with Crippen LogP contribution in [0.4, 0.5) is 0 Å². The molecule has 0 heterocycles. The summed E-state index contributed by atoms with van der Waals surface area (Å²) in [6, 6.07) is 0. The van der Waals surface area contributed by atoms with Crippen LogP contribution in [0.3, 0.4) is 0 Å². The van der Waals surface area contributed by atoms with Crippen molar-refractivity contribution in [2.75, 3.05) is 26.4 Å². The molecular weight excluding hydrogens is 363 g/mol.